The molecule has 35 heavy (non-hydrogen) atoms. The number of carboxylic acids is 2. The summed E-state index contributed by atoms with van der Waals surface area (Å²) in [5.74, 6) is -4.56. The minimum Gasteiger partial charge on any atom is -0.481 e. The molecule has 1 aromatic heterocycles. The molecule has 0 aliphatic rings. The van der Waals surface area contributed by atoms with Crippen molar-refractivity contribution in [2.24, 2.45) is 5.73 Å². The Labute approximate surface area is 205 Å². The van der Waals surface area contributed by atoms with E-state index >= 15 is 0 Å². The fourth-order valence-electron chi connectivity index (χ4n) is 2.93. The minimum atomic E-state index is -1.58. The van der Waals surface area contributed by atoms with Crippen LogP contribution in [-0.2, 0) is 30.4 Å². The quantitative estimate of drug-likeness (QED) is 0.117. The van der Waals surface area contributed by atoms with Crippen LogP contribution in [0.15, 0.2) is 12.5 Å². The number of aromatic amines is 1. The van der Waals surface area contributed by atoms with E-state index in [0.29, 0.717) is 17.9 Å². The van der Waals surface area contributed by atoms with Gasteiger partial charge in [0.1, 0.15) is 18.1 Å². The van der Waals surface area contributed by atoms with E-state index in [1.54, 1.807) is 0 Å². The summed E-state index contributed by atoms with van der Waals surface area (Å²) in [6, 6.07) is -5.26. The Morgan fingerprint density at radius 3 is 2.23 bits per heavy atom. The number of aromatic nitrogens is 2. The molecule has 0 spiro atoms. The number of hydrogen-bond donors (Lipinski definition) is 8. The molecule has 0 aromatic carbocycles. The van der Waals surface area contributed by atoms with Crippen molar-refractivity contribution >= 4 is 41.4 Å². The van der Waals surface area contributed by atoms with Crippen molar-refractivity contribution in [3.63, 3.8) is 0 Å². The third-order valence-electron chi connectivity index (χ3n) is 4.91. The Kier molecular flexibility index (Phi) is 12.8. The summed E-state index contributed by atoms with van der Waals surface area (Å²) in [4.78, 5) is 67.0. The zero-order valence-corrected chi connectivity index (χ0v) is 20.2. The number of thioether (sulfide) groups is 1. The second-order valence-electron chi connectivity index (χ2n) is 7.79. The first kappa shape index (κ1) is 29.9. The SMILES string of the molecule is CSCCC(N)C(=O)NC(CCC(=O)O)C(=O)NC(C(=O)NC(Cc1cnc[nH]1)C(=O)O)C(C)O. The van der Waals surface area contributed by atoms with E-state index in [0.717, 1.165) is 0 Å². The number of aliphatic hydroxyl groups excluding tert-OH is 1. The fourth-order valence-corrected chi connectivity index (χ4v) is 3.42. The second-order valence-corrected chi connectivity index (χ2v) is 8.77. The molecule has 14 nitrogen and oxygen atoms in total. The zero-order valence-electron chi connectivity index (χ0n) is 19.4. The molecule has 1 rings (SSSR count). The van der Waals surface area contributed by atoms with Crippen LogP contribution < -0.4 is 21.7 Å². The molecule has 0 aliphatic heterocycles. The molecule has 5 unspecified atom stereocenters. The number of carboxylic acid groups (broad SMARTS) is 2. The van der Waals surface area contributed by atoms with Crippen LogP contribution in [0.5, 0.6) is 0 Å². The maximum atomic E-state index is 12.8. The molecular weight excluding hydrogens is 484 g/mol. The van der Waals surface area contributed by atoms with E-state index in [1.165, 1.54) is 31.2 Å². The van der Waals surface area contributed by atoms with E-state index < -0.39 is 66.4 Å². The van der Waals surface area contributed by atoms with Gasteiger partial charge in [0, 0.05) is 24.7 Å². The largest absolute Gasteiger partial charge is 0.481 e. The van der Waals surface area contributed by atoms with E-state index in [2.05, 4.69) is 25.9 Å². The van der Waals surface area contributed by atoms with Gasteiger partial charge in [-0.3, -0.25) is 19.2 Å². The van der Waals surface area contributed by atoms with Gasteiger partial charge in [-0.25, -0.2) is 9.78 Å². The van der Waals surface area contributed by atoms with Crippen molar-refractivity contribution < 1.29 is 39.3 Å². The number of H-pyrrole nitrogens is 1. The van der Waals surface area contributed by atoms with Gasteiger partial charge in [0.05, 0.1) is 18.5 Å². The average molecular weight is 517 g/mol. The number of aliphatic carboxylic acids is 2. The van der Waals surface area contributed by atoms with Crippen molar-refractivity contribution in [1.82, 2.24) is 25.9 Å². The lowest BCUT2D eigenvalue weighted by molar-refractivity contribution is -0.143. The first-order chi connectivity index (χ1) is 16.5. The minimum absolute atomic E-state index is 0.132. The molecule has 1 heterocycles. The number of carbonyl (C=O) groups excluding carboxylic acids is 3. The summed E-state index contributed by atoms with van der Waals surface area (Å²) >= 11 is 1.47. The second kappa shape index (κ2) is 15.0. The first-order valence-corrected chi connectivity index (χ1v) is 12.1. The number of rotatable bonds is 16. The molecule has 9 N–H and O–H groups in total. The summed E-state index contributed by atoms with van der Waals surface area (Å²) in [5.41, 5.74) is 6.24. The van der Waals surface area contributed by atoms with Crippen LogP contribution in [0.2, 0.25) is 0 Å². The molecule has 0 bridgehead atoms. The summed E-state index contributed by atoms with van der Waals surface area (Å²) < 4.78 is 0. The van der Waals surface area contributed by atoms with Gasteiger partial charge in [-0.2, -0.15) is 11.8 Å². The zero-order chi connectivity index (χ0) is 26.5. The lowest BCUT2D eigenvalue weighted by Crippen LogP contribution is -2.60. The van der Waals surface area contributed by atoms with Gasteiger partial charge in [-0.1, -0.05) is 0 Å². The van der Waals surface area contributed by atoms with E-state index in [1.807, 2.05) is 6.26 Å². The Hall–Kier alpha value is -3.17. The standard InChI is InChI=1S/C20H32N6O8S/c1-10(27)16(19(32)25-14(20(33)34)7-11-8-22-9-23-11)26-18(31)13(3-4-15(28)29)24-17(30)12(21)5-6-35-2/h8-10,12-14,16,27H,3-7,21H2,1-2H3,(H,22,23)(H,24,30)(H,25,32)(H,26,31)(H,28,29)(H,33,34). The van der Waals surface area contributed by atoms with Gasteiger partial charge in [-0.15, -0.1) is 0 Å². The molecule has 1 aromatic rings. The molecule has 0 radical (unpaired) electrons. The maximum Gasteiger partial charge on any atom is 0.326 e. The Morgan fingerprint density at radius 2 is 1.71 bits per heavy atom. The van der Waals surface area contributed by atoms with Crippen LogP contribution in [0.3, 0.4) is 0 Å². The molecule has 15 heteroatoms. The molecule has 0 saturated carbocycles. The third kappa shape index (κ3) is 10.7. The lowest BCUT2D eigenvalue weighted by Gasteiger charge is -2.26. The Bertz CT molecular complexity index is 866. The Balaban J connectivity index is 2.93. The van der Waals surface area contributed by atoms with Gasteiger partial charge in [0.15, 0.2) is 0 Å². The summed E-state index contributed by atoms with van der Waals surface area (Å²) in [6.07, 6.45) is 2.55. The monoisotopic (exact) mass is 516 g/mol. The van der Waals surface area contributed by atoms with Gasteiger partial charge >= 0.3 is 11.9 Å². The third-order valence-corrected chi connectivity index (χ3v) is 5.55. The van der Waals surface area contributed by atoms with E-state index in [9.17, 15) is 34.2 Å². The van der Waals surface area contributed by atoms with Crippen molar-refractivity contribution in [1.29, 1.82) is 0 Å². The van der Waals surface area contributed by atoms with Gasteiger partial charge in [0.2, 0.25) is 17.7 Å². The summed E-state index contributed by atoms with van der Waals surface area (Å²) in [7, 11) is 0. The average Bonchev–Trinajstić information content (AvgIpc) is 3.30. The van der Waals surface area contributed by atoms with E-state index in [4.69, 9.17) is 10.8 Å². The molecule has 196 valence electrons. The molecular formula is C20H32N6O8S. The molecule has 0 saturated heterocycles. The fraction of sp³-hybridized carbons (Fsp3) is 0.600. The van der Waals surface area contributed by atoms with Gasteiger partial charge in [0.25, 0.3) is 0 Å². The molecule has 3 amide bonds. The number of nitrogens with two attached hydrogens (primary N) is 1. The van der Waals surface area contributed by atoms with Crippen molar-refractivity contribution in [2.45, 2.75) is 62.9 Å². The summed E-state index contributed by atoms with van der Waals surface area (Å²) in [6.45, 7) is 1.21. The highest BCUT2D eigenvalue weighted by molar-refractivity contribution is 7.98. The summed E-state index contributed by atoms with van der Waals surface area (Å²) in [5, 5.41) is 35.4. The van der Waals surface area contributed by atoms with Crippen LogP contribution in [0.25, 0.3) is 0 Å². The number of hydrogen-bond acceptors (Lipinski definition) is 9. The van der Waals surface area contributed by atoms with Crippen molar-refractivity contribution in [3.8, 4) is 0 Å². The number of nitrogens with zero attached hydrogens (tertiary/aromatic N) is 1. The van der Waals surface area contributed by atoms with Crippen LogP contribution in [0.4, 0.5) is 0 Å². The first-order valence-electron chi connectivity index (χ1n) is 10.7. The van der Waals surface area contributed by atoms with Crippen molar-refractivity contribution in [2.75, 3.05) is 12.0 Å². The van der Waals surface area contributed by atoms with Crippen LogP contribution in [0, 0.1) is 0 Å². The number of nitrogens with one attached hydrogen (secondary N) is 4. The van der Waals surface area contributed by atoms with Crippen LogP contribution >= 0.6 is 11.8 Å². The topological polar surface area (TPSA) is 237 Å². The normalized spacial score (nSPS) is 15.2. The van der Waals surface area contributed by atoms with Gasteiger partial charge < -0.3 is 42.0 Å². The number of amides is 3. The predicted octanol–water partition coefficient (Wildman–Crippen LogP) is -2.18. The van der Waals surface area contributed by atoms with E-state index in [-0.39, 0.29) is 12.8 Å². The van der Waals surface area contributed by atoms with Gasteiger partial charge in [-0.05, 0) is 31.8 Å². The van der Waals surface area contributed by atoms with Crippen LogP contribution in [0.1, 0.15) is 31.9 Å². The highest BCUT2D eigenvalue weighted by Gasteiger charge is 2.33. The number of imidazole rings is 1. The number of carbonyl (C=O) groups is 5. The van der Waals surface area contributed by atoms with Crippen molar-refractivity contribution in [3.05, 3.63) is 18.2 Å². The molecule has 5 atom stereocenters. The van der Waals surface area contributed by atoms with Crippen LogP contribution in [-0.4, -0.2) is 97.2 Å². The lowest BCUT2D eigenvalue weighted by atomic mass is 10.1. The smallest absolute Gasteiger partial charge is 0.326 e. The molecule has 0 aliphatic carbocycles. The highest BCUT2D eigenvalue weighted by atomic mass is 32.2. The molecule has 0 fully saturated rings. The Morgan fingerprint density at radius 1 is 1.06 bits per heavy atom. The predicted molar refractivity (Wildman–Crippen MR) is 125 cm³/mol. The highest BCUT2D eigenvalue weighted by Crippen LogP contribution is 2.05. The maximum absolute atomic E-state index is 12.8. The number of aliphatic hydroxyl groups is 1.